The lowest BCUT2D eigenvalue weighted by Crippen LogP contribution is -2.30. The molecule has 2 N–H and O–H groups in total. The van der Waals surface area contributed by atoms with Crippen LogP contribution in [0.5, 0.6) is 0 Å². The van der Waals surface area contributed by atoms with Gasteiger partial charge >= 0.3 is 0 Å². The van der Waals surface area contributed by atoms with Crippen LogP contribution in [0.25, 0.3) is 0 Å². The second kappa shape index (κ2) is 9.14. The molecule has 1 rings (SSSR count). The Bertz CT molecular complexity index is 601. The zero-order valence-electron chi connectivity index (χ0n) is 16.3. The number of carbonyl (C=O) groups is 2. The molecule has 140 valence electrons. The smallest absolute Gasteiger partial charge is 0.176 e. The van der Waals surface area contributed by atoms with Gasteiger partial charge in [0.25, 0.3) is 0 Å². The van der Waals surface area contributed by atoms with Crippen molar-refractivity contribution < 1.29 is 19.8 Å². The van der Waals surface area contributed by atoms with Crippen LogP contribution in [0, 0.1) is 17.8 Å². The normalized spacial score (nSPS) is 24.8. The van der Waals surface area contributed by atoms with Crippen LogP contribution in [0.2, 0.25) is 0 Å². The average molecular weight is 348 g/mol. The summed E-state index contributed by atoms with van der Waals surface area (Å²) < 4.78 is 0. The third-order valence-electron chi connectivity index (χ3n) is 4.86. The highest BCUT2D eigenvalue weighted by atomic mass is 16.3. The molecule has 0 amide bonds. The number of carbonyl (C=O) groups excluding carboxylic acids is 2. The van der Waals surface area contributed by atoms with Crippen LogP contribution in [0.4, 0.5) is 0 Å². The summed E-state index contributed by atoms with van der Waals surface area (Å²) >= 11 is 0. The van der Waals surface area contributed by atoms with Gasteiger partial charge in [-0.3, -0.25) is 9.59 Å². The Balaban J connectivity index is 3.29. The molecule has 4 nitrogen and oxygen atoms in total. The van der Waals surface area contributed by atoms with E-state index in [4.69, 9.17) is 0 Å². The van der Waals surface area contributed by atoms with E-state index in [9.17, 15) is 19.8 Å². The molecule has 0 heterocycles. The fourth-order valence-corrected chi connectivity index (χ4v) is 3.07. The molecular weight excluding hydrogens is 316 g/mol. The molecule has 1 aliphatic rings. The van der Waals surface area contributed by atoms with Gasteiger partial charge in [0.15, 0.2) is 11.6 Å². The molecule has 0 aromatic heterocycles. The van der Waals surface area contributed by atoms with Gasteiger partial charge in [-0.1, -0.05) is 37.1 Å². The molecule has 0 spiro atoms. The maximum absolute atomic E-state index is 12.9. The Morgan fingerprint density at radius 3 is 2.12 bits per heavy atom. The highest BCUT2D eigenvalue weighted by Crippen LogP contribution is 2.38. The van der Waals surface area contributed by atoms with E-state index in [2.05, 4.69) is 0 Å². The minimum absolute atomic E-state index is 0.0947. The first kappa shape index (κ1) is 21.4. The number of allylic oxidation sites excluding steroid dienone is 5. The van der Waals surface area contributed by atoms with Gasteiger partial charge < -0.3 is 10.2 Å². The van der Waals surface area contributed by atoms with Crippen LogP contribution >= 0.6 is 0 Å². The van der Waals surface area contributed by atoms with Crippen LogP contribution < -0.4 is 0 Å². The molecule has 0 bridgehead atoms. The summed E-state index contributed by atoms with van der Waals surface area (Å²) in [5.74, 6) is -2.52. The molecule has 1 aliphatic carbocycles. The lowest BCUT2D eigenvalue weighted by molar-refractivity contribution is -0.123. The van der Waals surface area contributed by atoms with E-state index in [1.54, 1.807) is 6.92 Å². The van der Waals surface area contributed by atoms with Crippen LogP contribution in [-0.2, 0) is 9.59 Å². The Labute approximate surface area is 151 Å². The van der Waals surface area contributed by atoms with Crippen molar-refractivity contribution in [1.29, 1.82) is 0 Å². The van der Waals surface area contributed by atoms with Crippen LogP contribution in [0.3, 0.4) is 0 Å². The molecule has 25 heavy (non-hydrogen) atoms. The Kier molecular flexibility index (Phi) is 7.81. The van der Waals surface area contributed by atoms with Gasteiger partial charge in [0.05, 0.1) is 17.6 Å². The fourth-order valence-electron chi connectivity index (χ4n) is 3.07. The third-order valence-corrected chi connectivity index (χ3v) is 4.86. The number of rotatable bonds is 7. The van der Waals surface area contributed by atoms with Crippen molar-refractivity contribution in [3.63, 3.8) is 0 Å². The van der Waals surface area contributed by atoms with Gasteiger partial charge in [0, 0.05) is 11.8 Å². The first-order valence-corrected chi connectivity index (χ1v) is 9.08. The summed E-state index contributed by atoms with van der Waals surface area (Å²) in [7, 11) is 0. The van der Waals surface area contributed by atoms with Crippen molar-refractivity contribution >= 4 is 11.6 Å². The van der Waals surface area contributed by atoms with Crippen molar-refractivity contribution in [3.05, 3.63) is 34.6 Å². The first-order valence-electron chi connectivity index (χ1n) is 9.08. The standard InChI is InChI=1S/C21H32O4/c1-7-14(6)19(23)18-20(24)15(10-8-12(2)3)17(21(18)25)16(22)11-9-13(4)5/h8-9,14-17,22-23H,7,10-11H2,1-6H3/b19-18+/t14?,15-,16-,17?/m1/s1. The van der Waals surface area contributed by atoms with Crippen LogP contribution in [0.1, 0.15) is 60.8 Å². The van der Waals surface area contributed by atoms with Gasteiger partial charge in [-0.05, 0) is 47.0 Å². The maximum Gasteiger partial charge on any atom is 0.176 e. The van der Waals surface area contributed by atoms with Gasteiger partial charge in [-0.15, -0.1) is 0 Å². The van der Waals surface area contributed by atoms with Crippen LogP contribution in [0.15, 0.2) is 34.6 Å². The Morgan fingerprint density at radius 2 is 1.64 bits per heavy atom. The summed E-state index contributed by atoms with van der Waals surface area (Å²) in [4.78, 5) is 25.7. The molecule has 4 heteroatoms. The molecule has 1 saturated carbocycles. The lowest BCUT2D eigenvalue weighted by atomic mass is 9.85. The number of Topliss-reactive ketones (excluding diaryl/α,β-unsaturated/α-hetero) is 2. The van der Waals surface area contributed by atoms with Gasteiger partial charge in [0.1, 0.15) is 5.76 Å². The Hall–Kier alpha value is -1.68. The number of hydrogen-bond acceptors (Lipinski definition) is 4. The van der Waals surface area contributed by atoms with E-state index < -0.39 is 23.7 Å². The average Bonchev–Trinajstić information content (AvgIpc) is 2.79. The Morgan fingerprint density at radius 1 is 1.08 bits per heavy atom. The maximum atomic E-state index is 12.9. The molecule has 0 radical (unpaired) electrons. The predicted molar refractivity (Wildman–Crippen MR) is 100 cm³/mol. The number of aliphatic hydroxyl groups excluding tert-OH is 2. The fraction of sp³-hybridized carbons (Fsp3) is 0.619. The monoisotopic (exact) mass is 348 g/mol. The molecule has 0 saturated heterocycles. The van der Waals surface area contributed by atoms with Crippen molar-refractivity contribution in [2.45, 2.75) is 66.9 Å². The molecule has 0 aromatic rings. The summed E-state index contributed by atoms with van der Waals surface area (Å²) in [5.41, 5.74) is 2.01. The largest absolute Gasteiger partial charge is 0.511 e. The highest BCUT2D eigenvalue weighted by Gasteiger charge is 2.49. The van der Waals surface area contributed by atoms with Crippen molar-refractivity contribution in [2.24, 2.45) is 17.8 Å². The quantitative estimate of drug-likeness (QED) is 0.311. The van der Waals surface area contributed by atoms with Crippen molar-refractivity contribution in [1.82, 2.24) is 0 Å². The number of hydrogen-bond donors (Lipinski definition) is 2. The predicted octanol–water partition coefficient (Wildman–Crippen LogP) is 4.30. The summed E-state index contributed by atoms with van der Waals surface area (Å²) in [6.07, 6.45) is 4.23. The van der Waals surface area contributed by atoms with E-state index in [1.807, 2.05) is 46.8 Å². The molecule has 4 atom stereocenters. The third kappa shape index (κ3) is 5.15. The van der Waals surface area contributed by atoms with Crippen LogP contribution in [-0.4, -0.2) is 27.9 Å². The van der Waals surface area contributed by atoms with Crippen molar-refractivity contribution in [2.75, 3.05) is 0 Å². The van der Waals surface area contributed by atoms with E-state index in [1.165, 1.54) is 0 Å². The topological polar surface area (TPSA) is 74.6 Å². The molecule has 0 aliphatic heterocycles. The minimum atomic E-state index is -0.927. The van der Waals surface area contributed by atoms with Gasteiger partial charge in [-0.25, -0.2) is 0 Å². The molecule has 2 unspecified atom stereocenters. The van der Waals surface area contributed by atoms with E-state index in [-0.39, 0.29) is 23.0 Å². The summed E-state index contributed by atoms with van der Waals surface area (Å²) in [5, 5.41) is 21.0. The van der Waals surface area contributed by atoms with E-state index >= 15 is 0 Å². The first-order chi connectivity index (χ1) is 11.6. The van der Waals surface area contributed by atoms with Gasteiger partial charge in [-0.2, -0.15) is 0 Å². The highest BCUT2D eigenvalue weighted by molar-refractivity contribution is 6.27. The molecule has 1 fully saturated rings. The second-order valence-corrected chi connectivity index (χ2v) is 7.53. The SMILES string of the molecule is CCC(C)/C(O)=C1\C(=O)C([C@H](O)CC=C(C)C)[C@@H](CC=C(C)C)C1=O. The summed E-state index contributed by atoms with van der Waals surface area (Å²) in [6.45, 7) is 11.4. The van der Waals surface area contributed by atoms with Gasteiger partial charge in [0.2, 0.25) is 0 Å². The minimum Gasteiger partial charge on any atom is -0.511 e. The van der Waals surface area contributed by atoms with E-state index in [0.29, 0.717) is 19.3 Å². The lowest BCUT2D eigenvalue weighted by Gasteiger charge is -2.20. The summed E-state index contributed by atoms with van der Waals surface area (Å²) in [6, 6.07) is 0. The number of aliphatic hydroxyl groups is 2. The number of ketones is 2. The van der Waals surface area contributed by atoms with Crippen molar-refractivity contribution in [3.8, 4) is 0 Å². The molecular formula is C21H32O4. The van der Waals surface area contributed by atoms with E-state index in [0.717, 1.165) is 11.1 Å². The zero-order chi connectivity index (χ0) is 19.3. The molecule has 0 aromatic carbocycles. The second-order valence-electron chi connectivity index (χ2n) is 7.53. The zero-order valence-corrected chi connectivity index (χ0v) is 16.3.